The van der Waals surface area contributed by atoms with Gasteiger partial charge in [0.25, 0.3) is 11.8 Å². The van der Waals surface area contributed by atoms with E-state index in [1.54, 1.807) is 4.90 Å². The van der Waals surface area contributed by atoms with Crippen LogP contribution < -0.4 is 0 Å². The van der Waals surface area contributed by atoms with E-state index in [0.717, 1.165) is 38.0 Å². The van der Waals surface area contributed by atoms with E-state index in [2.05, 4.69) is 29.2 Å². The fourth-order valence-corrected chi connectivity index (χ4v) is 4.99. The molecule has 0 bridgehead atoms. The Morgan fingerprint density at radius 3 is 2.06 bits per heavy atom. The lowest BCUT2D eigenvalue weighted by molar-refractivity contribution is -0.141. The zero-order chi connectivity index (χ0) is 21.9. The Bertz CT molecular complexity index is 991. The van der Waals surface area contributed by atoms with Crippen molar-refractivity contribution < 1.29 is 14.3 Å². The van der Waals surface area contributed by atoms with Crippen molar-refractivity contribution in [3.8, 4) is 0 Å². The van der Waals surface area contributed by atoms with Crippen molar-refractivity contribution in [1.82, 2.24) is 14.7 Å². The molecule has 2 aromatic carbocycles. The van der Waals surface area contributed by atoms with Crippen LogP contribution in [0.5, 0.6) is 0 Å². The third kappa shape index (κ3) is 4.08. The van der Waals surface area contributed by atoms with Gasteiger partial charge in [0.2, 0.25) is 0 Å². The van der Waals surface area contributed by atoms with E-state index in [9.17, 15) is 9.59 Å². The maximum Gasteiger partial charge on any atom is 0.278 e. The Morgan fingerprint density at radius 2 is 1.41 bits per heavy atom. The van der Waals surface area contributed by atoms with Crippen molar-refractivity contribution in [2.45, 2.75) is 25.4 Å². The smallest absolute Gasteiger partial charge is 0.278 e. The lowest BCUT2D eigenvalue weighted by Crippen LogP contribution is -2.49. The molecule has 3 aliphatic rings. The Labute approximate surface area is 189 Å². The molecule has 32 heavy (non-hydrogen) atoms. The zero-order valence-electron chi connectivity index (χ0n) is 18.3. The quantitative estimate of drug-likeness (QED) is 0.682. The van der Waals surface area contributed by atoms with Gasteiger partial charge >= 0.3 is 0 Å². The number of ether oxygens (including phenoxy) is 1. The average molecular weight is 432 g/mol. The molecule has 2 fully saturated rings. The van der Waals surface area contributed by atoms with Gasteiger partial charge in [-0.2, -0.15) is 0 Å². The standard InChI is InChI=1S/C26H29N3O3/c30-25-23(21-9-5-2-6-10-21)24(28-15-17-32-18-16-28)26(31)29(25)22-11-13-27(14-12-22)19-20-7-3-1-4-8-20/h1-10,22H,11-19H2. The summed E-state index contributed by atoms with van der Waals surface area (Å²) in [6.07, 6.45) is 1.62. The SMILES string of the molecule is O=C1C(c2ccccc2)=C(N2CCOCC2)C(=O)N1C1CCN(Cc2ccccc2)CC1. The Balaban J connectivity index is 1.35. The number of morpholine rings is 1. The third-order valence-electron chi connectivity index (χ3n) is 6.65. The summed E-state index contributed by atoms with van der Waals surface area (Å²) in [5.74, 6) is -0.290. The number of hydrogen-bond acceptors (Lipinski definition) is 5. The van der Waals surface area contributed by atoms with Crippen LogP contribution in [0.25, 0.3) is 5.57 Å². The lowest BCUT2D eigenvalue weighted by Gasteiger charge is -2.36. The Kier molecular flexibility index (Phi) is 6.06. The summed E-state index contributed by atoms with van der Waals surface area (Å²) in [5.41, 5.74) is 3.21. The highest BCUT2D eigenvalue weighted by Crippen LogP contribution is 2.35. The van der Waals surface area contributed by atoms with Crippen molar-refractivity contribution in [2.24, 2.45) is 0 Å². The zero-order valence-corrected chi connectivity index (χ0v) is 18.3. The normalized spacial score (nSPS) is 21.0. The van der Waals surface area contributed by atoms with E-state index >= 15 is 0 Å². The Morgan fingerprint density at radius 1 is 0.781 bits per heavy atom. The van der Waals surface area contributed by atoms with Crippen LogP contribution in [0.15, 0.2) is 66.4 Å². The van der Waals surface area contributed by atoms with Crippen molar-refractivity contribution in [1.29, 1.82) is 0 Å². The second-order valence-corrected chi connectivity index (χ2v) is 8.66. The molecule has 0 aromatic heterocycles. The van der Waals surface area contributed by atoms with E-state index in [-0.39, 0.29) is 17.9 Å². The van der Waals surface area contributed by atoms with Gasteiger partial charge < -0.3 is 9.64 Å². The van der Waals surface area contributed by atoms with Gasteiger partial charge in [0.15, 0.2) is 0 Å². The van der Waals surface area contributed by atoms with Gasteiger partial charge in [0.05, 0.1) is 18.8 Å². The van der Waals surface area contributed by atoms with E-state index in [4.69, 9.17) is 4.74 Å². The highest BCUT2D eigenvalue weighted by molar-refractivity contribution is 6.35. The highest BCUT2D eigenvalue weighted by atomic mass is 16.5. The monoisotopic (exact) mass is 431 g/mol. The van der Waals surface area contributed by atoms with Crippen LogP contribution >= 0.6 is 0 Å². The molecule has 166 valence electrons. The minimum atomic E-state index is -0.149. The number of rotatable bonds is 5. The summed E-state index contributed by atoms with van der Waals surface area (Å²) in [6, 6.07) is 20.0. The highest BCUT2D eigenvalue weighted by Gasteiger charge is 2.45. The molecule has 2 amide bonds. The van der Waals surface area contributed by atoms with E-state index < -0.39 is 0 Å². The minimum Gasteiger partial charge on any atom is -0.378 e. The summed E-state index contributed by atoms with van der Waals surface area (Å²) in [7, 11) is 0. The molecular weight excluding hydrogens is 402 g/mol. The predicted octanol–water partition coefficient (Wildman–Crippen LogP) is 2.76. The second-order valence-electron chi connectivity index (χ2n) is 8.66. The van der Waals surface area contributed by atoms with Crippen molar-refractivity contribution in [2.75, 3.05) is 39.4 Å². The summed E-state index contributed by atoms with van der Waals surface area (Å²) in [6.45, 7) is 5.08. The molecule has 6 nitrogen and oxygen atoms in total. The number of imide groups is 1. The molecule has 3 heterocycles. The summed E-state index contributed by atoms with van der Waals surface area (Å²) in [5, 5.41) is 0. The number of carbonyl (C=O) groups excluding carboxylic acids is 2. The van der Waals surface area contributed by atoms with Crippen LogP contribution in [0.3, 0.4) is 0 Å². The van der Waals surface area contributed by atoms with Crippen LogP contribution in [0.1, 0.15) is 24.0 Å². The van der Waals surface area contributed by atoms with Gasteiger partial charge in [-0.25, -0.2) is 0 Å². The van der Waals surface area contributed by atoms with Crippen molar-refractivity contribution in [3.05, 3.63) is 77.5 Å². The van der Waals surface area contributed by atoms with Gasteiger partial charge in [-0.05, 0) is 24.0 Å². The van der Waals surface area contributed by atoms with Crippen LogP contribution in [0.4, 0.5) is 0 Å². The number of hydrogen-bond donors (Lipinski definition) is 0. The summed E-state index contributed by atoms with van der Waals surface area (Å²) in [4.78, 5) is 33.2. The van der Waals surface area contributed by atoms with E-state index in [0.29, 0.717) is 37.6 Å². The fraction of sp³-hybridized carbons (Fsp3) is 0.385. The van der Waals surface area contributed by atoms with Gasteiger partial charge in [0, 0.05) is 38.8 Å². The molecule has 5 rings (SSSR count). The van der Waals surface area contributed by atoms with Gasteiger partial charge in [0.1, 0.15) is 5.70 Å². The van der Waals surface area contributed by atoms with Gasteiger partial charge in [-0.3, -0.25) is 19.4 Å². The first-order valence-electron chi connectivity index (χ1n) is 11.5. The van der Waals surface area contributed by atoms with Crippen molar-refractivity contribution >= 4 is 17.4 Å². The van der Waals surface area contributed by atoms with Crippen LogP contribution in [0.2, 0.25) is 0 Å². The number of carbonyl (C=O) groups is 2. The molecule has 0 atom stereocenters. The number of benzene rings is 2. The molecule has 0 saturated carbocycles. The molecule has 6 heteroatoms. The number of likely N-dealkylation sites (tertiary alicyclic amines) is 1. The van der Waals surface area contributed by atoms with Crippen LogP contribution in [-0.4, -0.2) is 71.9 Å². The van der Waals surface area contributed by atoms with Crippen molar-refractivity contribution in [3.63, 3.8) is 0 Å². The average Bonchev–Trinajstić information content (AvgIpc) is 3.11. The molecule has 3 aliphatic heterocycles. The number of nitrogens with zero attached hydrogens (tertiary/aromatic N) is 3. The molecule has 0 aliphatic carbocycles. The first-order valence-corrected chi connectivity index (χ1v) is 11.5. The summed E-state index contributed by atoms with van der Waals surface area (Å²) < 4.78 is 5.49. The first kappa shape index (κ1) is 20.9. The largest absolute Gasteiger partial charge is 0.378 e. The number of piperidine rings is 1. The lowest BCUT2D eigenvalue weighted by atomic mass is 10.0. The third-order valence-corrected chi connectivity index (χ3v) is 6.65. The Hall–Kier alpha value is -2.96. The topological polar surface area (TPSA) is 53.1 Å². The van der Waals surface area contributed by atoms with Crippen LogP contribution in [0, 0.1) is 0 Å². The minimum absolute atomic E-state index is 0.0562. The second kappa shape index (κ2) is 9.27. The molecule has 2 saturated heterocycles. The van der Waals surface area contributed by atoms with Gasteiger partial charge in [-0.1, -0.05) is 60.7 Å². The molecule has 0 radical (unpaired) electrons. The van der Waals surface area contributed by atoms with Crippen LogP contribution in [-0.2, 0) is 20.9 Å². The fourth-order valence-electron chi connectivity index (χ4n) is 4.99. The van der Waals surface area contributed by atoms with E-state index in [1.165, 1.54) is 5.56 Å². The predicted molar refractivity (Wildman–Crippen MR) is 122 cm³/mol. The number of amides is 2. The maximum absolute atomic E-state index is 13.6. The molecule has 0 spiro atoms. The first-order chi connectivity index (χ1) is 15.7. The molecule has 0 N–H and O–H groups in total. The maximum atomic E-state index is 13.6. The van der Waals surface area contributed by atoms with E-state index in [1.807, 2.05) is 41.3 Å². The van der Waals surface area contributed by atoms with Gasteiger partial charge in [-0.15, -0.1) is 0 Å². The summed E-state index contributed by atoms with van der Waals surface area (Å²) >= 11 is 0. The molecule has 2 aromatic rings. The molecular formula is C26H29N3O3. The molecule has 0 unspecified atom stereocenters.